The second kappa shape index (κ2) is 7.89. The van der Waals surface area contributed by atoms with Crippen molar-refractivity contribution in [3.8, 4) is 0 Å². The molecule has 2 fully saturated rings. The molecule has 24 heavy (non-hydrogen) atoms. The maximum absolute atomic E-state index is 13.8. The van der Waals surface area contributed by atoms with Crippen molar-refractivity contribution in [3.05, 3.63) is 11.7 Å². The summed E-state index contributed by atoms with van der Waals surface area (Å²) in [6, 6.07) is -0.293. The number of nitrogens with zero attached hydrogens (tertiary/aromatic N) is 3. The fourth-order valence-electron chi connectivity index (χ4n) is 3.17. The Morgan fingerprint density at radius 3 is 2.96 bits per heavy atom. The second-order valence-corrected chi connectivity index (χ2v) is 6.47. The molecule has 2 saturated heterocycles. The van der Waals surface area contributed by atoms with Gasteiger partial charge in [0, 0.05) is 45.1 Å². The first-order chi connectivity index (χ1) is 11.6. The Morgan fingerprint density at radius 2 is 2.25 bits per heavy atom. The van der Waals surface area contributed by atoms with Crippen molar-refractivity contribution < 1.29 is 18.4 Å². The number of amides is 2. The predicted molar refractivity (Wildman–Crippen MR) is 83.1 cm³/mol. The van der Waals surface area contributed by atoms with Gasteiger partial charge in [0.2, 0.25) is 5.89 Å². The third-order valence-corrected chi connectivity index (χ3v) is 4.46. The standard InChI is InChI=1S/C15H24FN5O3/c1-10-19-14(20-24-10)8-21-7-12(16)4-13(21)6-18-15(22)17-5-11-2-3-23-9-11/h11-13H,2-9H2,1H3,(H2,17,18,22)/t11?,12-,13-/m0/s1. The summed E-state index contributed by atoms with van der Waals surface area (Å²) in [4.78, 5) is 18.0. The molecular weight excluding hydrogens is 317 g/mol. The van der Waals surface area contributed by atoms with E-state index in [0.29, 0.717) is 56.8 Å². The van der Waals surface area contributed by atoms with Gasteiger partial charge in [-0.05, 0) is 12.8 Å². The number of nitrogens with one attached hydrogen (secondary N) is 2. The molecule has 2 N–H and O–H groups in total. The molecule has 0 radical (unpaired) electrons. The third-order valence-electron chi connectivity index (χ3n) is 4.46. The zero-order chi connectivity index (χ0) is 16.9. The average molecular weight is 341 g/mol. The molecule has 0 bridgehead atoms. The topological polar surface area (TPSA) is 92.5 Å². The smallest absolute Gasteiger partial charge is 0.314 e. The van der Waals surface area contributed by atoms with Gasteiger partial charge in [-0.3, -0.25) is 4.90 Å². The molecule has 3 rings (SSSR count). The van der Waals surface area contributed by atoms with Crippen LogP contribution in [0.4, 0.5) is 9.18 Å². The Bertz CT molecular complexity index is 549. The first kappa shape index (κ1) is 17.1. The second-order valence-electron chi connectivity index (χ2n) is 6.47. The predicted octanol–water partition coefficient (Wildman–Crippen LogP) is 0.626. The molecule has 1 unspecified atom stereocenters. The number of ether oxygens (including phenoxy) is 1. The number of hydrogen-bond acceptors (Lipinski definition) is 6. The molecule has 1 aromatic heterocycles. The van der Waals surface area contributed by atoms with Gasteiger partial charge in [0.05, 0.1) is 13.2 Å². The van der Waals surface area contributed by atoms with E-state index in [4.69, 9.17) is 9.26 Å². The monoisotopic (exact) mass is 341 g/mol. The lowest BCUT2D eigenvalue weighted by molar-refractivity contribution is 0.184. The van der Waals surface area contributed by atoms with E-state index in [1.54, 1.807) is 6.92 Å². The first-order valence-electron chi connectivity index (χ1n) is 8.37. The van der Waals surface area contributed by atoms with Crippen LogP contribution in [0.25, 0.3) is 0 Å². The molecule has 0 spiro atoms. The molecule has 0 saturated carbocycles. The van der Waals surface area contributed by atoms with Crippen molar-refractivity contribution in [1.82, 2.24) is 25.7 Å². The molecule has 2 aliphatic heterocycles. The van der Waals surface area contributed by atoms with Gasteiger partial charge in [0.15, 0.2) is 5.82 Å². The van der Waals surface area contributed by atoms with Crippen LogP contribution in [0, 0.1) is 12.8 Å². The van der Waals surface area contributed by atoms with E-state index in [2.05, 4.69) is 20.8 Å². The Balaban J connectivity index is 1.42. The van der Waals surface area contributed by atoms with Crippen LogP contribution in [0.1, 0.15) is 24.6 Å². The van der Waals surface area contributed by atoms with Crippen molar-refractivity contribution in [3.63, 3.8) is 0 Å². The van der Waals surface area contributed by atoms with E-state index in [9.17, 15) is 9.18 Å². The molecular formula is C15H24FN5O3. The Morgan fingerprint density at radius 1 is 1.42 bits per heavy atom. The van der Waals surface area contributed by atoms with Gasteiger partial charge < -0.3 is 19.9 Å². The summed E-state index contributed by atoms with van der Waals surface area (Å²) in [5.74, 6) is 1.42. The summed E-state index contributed by atoms with van der Waals surface area (Å²) in [5.41, 5.74) is 0. The number of urea groups is 1. The molecule has 0 aliphatic carbocycles. The first-order valence-corrected chi connectivity index (χ1v) is 8.37. The molecule has 8 nitrogen and oxygen atoms in total. The van der Waals surface area contributed by atoms with Gasteiger partial charge in [-0.1, -0.05) is 5.16 Å². The van der Waals surface area contributed by atoms with Crippen LogP contribution in [0.5, 0.6) is 0 Å². The van der Waals surface area contributed by atoms with Gasteiger partial charge in [0.1, 0.15) is 6.17 Å². The van der Waals surface area contributed by atoms with Crippen LogP contribution in [-0.4, -0.2) is 66.1 Å². The van der Waals surface area contributed by atoms with E-state index in [0.717, 1.165) is 13.0 Å². The Labute approximate surface area is 140 Å². The van der Waals surface area contributed by atoms with E-state index in [1.165, 1.54) is 0 Å². The number of aromatic nitrogens is 2. The minimum absolute atomic E-state index is 0.0700. The molecule has 134 valence electrons. The lowest BCUT2D eigenvalue weighted by Crippen LogP contribution is -2.44. The number of hydrogen-bond donors (Lipinski definition) is 2. The fourth-order valence-corrected chi connectivity index (χ4v) is 3.17. The summed E-state index contributed by atoms with van der Waals surface area (Å²) in [5, 5.41) is 9.52. The summed E-state index contributed by atoms with van der Waals surface area (Å²) >= 11 is 0. The summed E-state index contributed by atoms with van der Waals surface area (Å²) in [6.07, 6.45) is 0.473. The van der Waals surface area contributed by atoms with E-state index < -0.39 is 6.17 Å². The van der Waals surface area contributed by atoms with Gasteiger partial charge in [-0.25, -0.2) is 9.18 Å². The van der Waals surface area contributed by atoms with Crippen molar-refractivity contribution in [2.45, 2.75) is 38.5 Å². The van der Waals surface area contributed by atoms with E-state index in [-0.39, 0.29) is 12.1 Å². The minimum Gasteiger partial charge on any atom is -0.381 e. The molecule has 3 heterocycles. The van der Waals surface area contributed by atoms with E-state index >= 15 is 0 Å². The molecule has 1 aromatic rings. The Kier molecular flexibility index (Phi) is 5.62. The lowest BCUT2D eigenvalue weighted by atomic mass is 10.1. The number of carbonyl (C=O) groups excluding carboxylic acids is 1. The average Bonchev–Trinajstić information content (AvgIpc) is 3.26. The van der Waals surface area contributed by atoms with Crippen LogP contribution in [0.3, 0.4) is 0 Å². The fraction of sp³-hybridized carbons (Fsp3) is 0.800. The van der Waals surface area contributed by atoms with Crippen LogP contribution >= 0.6 is 0 Å². The molecule has 9 heteroatoms. The zero-order valence-electron chi connectivity index (χ0n) is 13.8. The van der Waals surface area contributed by atoms with Crippen LogP contribution in [0.2, 0.25) is 0 Å². The van der Waals surface area contributed by atoms with Crippen molar-refractivity contribution in [2.24, 2.45) is 5.92 Å². The highest BCUT2D eigenvalue weighted by Crippen LogP contribution is 2.21. The van der Waals surface area contributed by atoms with Crippen LogP contribution in [-0.2, 0) is 11.3 Å². The van der Waals surface area contributed by atoms with Crippen LogP contribution in [0.15, 0.2) is 4.52 Å². The van der Waals surface area contributed by atoms with Gasteiger partial charge in [-0.2, -0.15) is 4.98 Å². The van der Waals surface area contributed by atoms with Gasteiger partial charge in [-0.15, -0.1) is 0 Å². The highest BCUT2D eigenvalue weighted by Gasteiger charge is 2.33. The SMILES string of the molecule is Cc1nc(CN2C[C@@H](F)C[C@H]2CNC(=O)NCC2CCOC2)no1. The molecule has 2 amide bonds. The van der Waals surface area contributed by atoms with Gasteiger partial charge in [0.25, 0.3) is 0 Å². The van der Waals surface area contributed by atoms with Crippen molar-refractivity contribution in [2.75, 3.05) is 32.8 Å². The molecule has 2 aliphatic rings. The number of alkyl halides is 1. The molecule has 3 atom stereocenters. The normalized spacial score (nSPS) is 27.5. The summed E-state index contributed by atoms with van der Waals surface area (Å²) < 4.78 is 24.0. The van der Waals surface area contributed by atoms with E-state index in [1.807, 2.05) is 4.90 Å². The van der Waals surface area contributed by atoms with Gasteiger partial charge >= 0.3 is 6.03 Å². The van der Waals surface area contributed by atoms with Crippen molar-refractivity contribution >= 4 is 6.03 Å². The highest BCUT2D eigenvalue weighted by atomic mass is 19.1. The number of likely N-dealkylation sites (tertiary alicyclic amines) is 1. The number of rotatable bonds is 6. The summed E-state index contributed by atoms with van der Waals surface area (Å²) in [6.45, 7) is 4.92. The number of halogens is 1. The van der Waals surface area contributed by atoms with Crippen molar-refractivity contribution in [1.29, 1.82) is 0 Å². The maximum atomic E-state index is 13.8. The van der Waals surface area contributed by atoms with Crippen LogP contribution < -0.4 is 10.6 Å². The highest BCUT2D eigenvalue weighted by molar-refractivity contribution is 5.73. The maximum Gasteiger partial charge on any atom is 0.314 e. The zero-order valence-corrected chi connectivity index (χ0v) is 13.8. The number of aryl methyl sites for hydroxylation is 1. The Hall–Kier alpha value is -1.74. The number of carbonyl (C=O) groups is 1. The molecule has 0 aromatic carbocycles. The lowest BCUT2D eigenvalue weighted by Gasteiger charge is -2.23. The largest absolute Gasteiger partial charge is 0.381 e. The minimum atomic E-state index is -0.900. The third kappa shape index (κ3) is 4.64. The summed E-state index contributed by atoms with van der Waals surface area (Å²) in [7, 11) is 0. The quantitative estimate of drug-likeness (QED) is 0.788.